The van der Waals surface area contributed by atoms with E-state index in [0.29, 0.717) is 5.69 Å². The Labute approximate surface area is 171 Å². The quantitative estimate of drug-likeness (QED) is 0.422. The van der Waals surface area contributed by atoms with Gasteiger partial charge in [0.05, 0.1) is 11.1 Å². The summed E-state index contributed by atoms with van der Waals surface area (Å²) in [5, 5.41) is 9.03. The summed E-state index contributed by atoms with van der Waals surface area (Å²) in [5.41, 5.74) is 3.16. The van der Waals surface area contributed by atoms with Crippen molar-refractivity contribution in [3.63, 3.8) is 0 Å². The lowest BCUT2D eigenvalue weighted by Gasteiger charge is -2.07. The second-order valence-corrected chi connectivity index (χ2v) is 8.18. The number of nitrogens with one attached hydrogen (secondary N) is 2. The number of aliphatic imine (C=N–C) groups is 1. The van der Waals surface area contributed by atoms with E-state index in [2.05, 4.69) is 25.3 Å². The van der Waals surface area contributed by atoms with Crippen molar-refractivity contribution in [3.8, 4) is 0 Å². The van der Waals surface area contributed by atoms with Crippen LogP contribution >= 0.6 is 0 Å². The van der Waals surface area contributed by atoms with Crippen LogP contribution in [-0.4, -0.2) is 29.6 Å². The monoisotopic (exact) mass is 424 g/mol. The van der Waals surface area contributed by atoms with Crippen molar-refractivity contribution in [2.45, 2.75) is 11.8 Å². The molecule has 4 rings (SSSR count). The molecule has 0 saturated heterocycles. The molecule has 2 aromatic carbocycles. The van der Waals surface area contributed by atoms with E-state index in [4.69, 9.17) is 5.14 Å². The highest BCUT2D eigenvalue weighted by Crippen LogP contribution is 2.21. The number of benzene rings is 2. The number of aromatic nitrogens is 3. The van der Waals surface area contributed by atoms with Gasteiger partial charge in [-0.05, 0) is 48.2 Å². The fourth-order valence-corrected chi connectivity index (χ4v) is 3.45. The molecule has 2 aromatic heterocycles. The van der Waals surface area contributed by atoms with E-state index in [0.717, 1.165) is 28.4 Å². The molecule has 0 unspecified atom stereocenters. The Morgan fingerprint density at radius 2 is 2.03 bits per heavy atom. The minimum atomic E-state index is -3.85. The third-order valence-corrected chi connectivity index (χ3v) is 5.17. The Kier molecular flexibility index (Phi) is 5.02. The molecule has 0 amide bonds. The molecule has 0 aliphatic rings. The van der Waals surface area contributed by atoms with Crippen LogP contribution in [0.15, 0.2) is 64.6 Å². The highest BCUT2D eigenvalue weighted by Gasteiger charge is 2.10. The highest BCUT2D eigenvalue weighted by molar-refractivity contribution is 7.89. The SMILES string of the molecule is Cc1cc2ccc(/C=N\c3nc(Nc4cccc(S(N)(=O)=O)c4)ncc3F)cc2[nH]1. The molecule has 30 heavy (non-hydrogen) atoms. The first-order chi connectivity index (χ1) is 14.3. The number of nitrogens with zero attached hydrogens (tertiary/aromatic N) is 3. The summed E-state index contributed by atoms with van der Waals surface area (Å²) in [6.45, 7) is 1.97. The predicted molar refractivity (Wildman–Crippen MR) is 113 cm³/mol. The van der Waals surface area contributed by atoms with Crippen molar-refractivity contribution >= 4 is 44.6 Å². The molecule has 0 fully saturated rings. The van der Waals surface area contributed by atoms with Crippen LogP contribution in [-0.2, 0) is 10.0 Å². The number of hydrogen-bond donors (Lipinski definition) is 3. The number of aryl methyl sites for hydroxylation is 1. The van der Waals surface area contributed by atoms with Crippen LogP contribution in [0.3, 0.4) is 0 Å². The van der Waals surface area contributed by atoms with Gasteiger partial charge in [-0.1, -0.05) is 18.2 Å². The van der Waals surface area contributed by atoms with Crippen molar-refractivity contribution in [2.75, 3.05) is 5.32 Å². The van der Waals surface area contributed by atoms with Gasteiger partial charge in [-0.3, -0.25) is 0 Å². The molecule has 0 radical (unpaired) electrons. The number of nitrogens with two attached hydrogens (primary N) is 1. The molecule has 4 aromatic rings. The number of anilines is 2. The number of H-pyrrole nitrogens is 1. The molecular weight excluding hydrogens is 407 g/mol. The average Bonchev–Trinajstić information content (AvgIpc) is 3.07. The van der Waals surface area contributed by atoms with E-state index < -0.39 is 15.8 Å². The molecule has 8 nitrogen and oxygen atoms in total. The first-order valence-corrected chi connectivity index (χ1v) is 10.4. The van der Waals surface area contributed by atoms with Gasteiger partial charge in [0.25, 0.3) is 0 Å². The van der Waals surface area contributed by atoms with Gasteiger partial charge < -0.3 is 10.3 Å². The zero-order valence-electron chi connectivity index (χ0n) is 15.8. The number of primary sulfonamides is 1. The van der Waals surface area contributed by atoms with Gasteiger partial charge in [-0.15, -0.1) is 0 Å². The fourth-order valence-electron chi connectivity index (χ4n) is 2.89. The Morgan fingerprint density at radius 1 is 1.20 bits per heavy atom. The smallest absolute Gasteiger partial charge is 0.238 e. The molecule has 4 N–H and O–H groups in total. The summed E-state index contributed by atoms with van der Waals surface area (Å²) >= 11 is 0. The third kappa shape index (κ3) is 4.34. The lowest BCUT2D eigenvalue weighted by Crippen LogP contribution is -2.12. The molecular formula is C20H17FN6O2S. The number of sulfonamides is 1. The molecule has 0 spiro atoms. The predicted octanol–water partition coefficient (Wildman–Crippen LogP) is 3.55. The van der Waals surface area contributed by atoms with E-state index in [1.165, 1.54) is 24.4 Å². The largest absolute Gasteiger partial charge is 0.359 e. The maximum absolute atomic E-state index is 14.1. The molecule has 0 aliphatic heterocycles. The van der Waals surface area contributed by atoms with Gasteiger partial charge in [0.2, 0.25) is 16.0 Å². The molecule has 0 atom stereocenters. The van der Waals surface area contributed by atoms with Crippen LogP contribution in [0, 0.1) is 12.7 Å². The zero-order valence-corrected chi connectivity index (χ0v) is 16.6. The lowest BCUT2D eigenvalue weighted by atomic mass is 10.2. The number of hydrogen-bond acceptors (Lipinski definition) is 6. The van der Waals surface area contributed by atoms with Gasteiger partial charge in [0.1, 0.15) is 0 Å². The summed E-state index contributed by atoms with van der Waals surface area (Å²) in [6, 6.07) is 13.6. The molecule has 10 heteroatoms. The van der Waals surface area contributed by atoms with Crippen molar-refractivity contribution < 1.29 is 12.8 Å². The minimum Gasteiger partial charge on any atom is -0.359 e. The minimum absolute atomic E-state index is 0.0607. The highest BCUT2D eigenvalue weighted by atomic mass is 32.2. The van der Waals surface area contributed by atoms with E-state index in [1.807, 2.05) is 31.2 Å². The molecule has 0 aliphatic carbocycles. The second kappa shape index (κ2) is 7.65. The maximum Gasteiger partial charge on any atom is 0.238 e. The lowest BCUT2D eigenvalue weighted by molar-refractivity contribution is 0.598. The molecule has 2 heterocycles. The van der Waals surface area contributed by atoms with Gasteiger partial charge in [-0.2, -0.15) is 4.98 Å². The normalized spacial score (nSPS) is 12.0. The van der Waals surface area contributed by atoms with Crippen molar-refractivity contribution in [1.82, 2.24) is 15.0 Å². The molecule has 152 valence electrons. The summed E-state index contributed by atoms with van der Waals surface area (Å²) in [5.74, 6) is -0.782. The summed E-state index contributed by atoms with van der Waals surface area (Å²) in [7, 11) is -3.85. The van der Waals surface area contributed by atoms with Crippen LogP contribution in [0.1, 0.15) is 11.3 Å². The van der Waals surface area contributed by atoms with E-state index in [1.54, 1.807) is 6.07 Å². The van der Waals surface area contributed by atoms with E-state index in [-0.39, 0.29) is 16.7 Å². The van der Waals surface area contributed by atoms with Crippen molar-refractivity contribution in [2.24, 2.45) is 10.1 Å². The topological polar surface area (TPSA) is 126 Å². The summed E-state index contributed by atoms with van der Waals surface area (Å²) in [6.07, 6.45) is 2.50. The average molecular weight is 424 g/mol. The first kappa shape index (κ1) is 19.7. The molecule has 0 bridgehead atoms. The first-order valence-electron chi connectivity index (χ1n) is 8.84. The maximum atomic E-state index is 14.1. The number of fused-ring (bicyclic) bond motifs is 1. The second-order valence-electron chi connectivity index (χ2n) is 6.62. The van der Waals surface area contributed by atoms with Gasteiger partial charge in [0, 0.05) is 23.1 Å². The third-order valence-electron chi connectivity index (χ3n) is 4.26. The van der Waals surface area contributed by atoms with Crippen LogP contribution in [0.2, 0.25) is 0 Å². The Morgan fingerprint density at radius 3 is 2.83 bits per heavy atom. The van der Waals surface area contributed by atoms with Crippen LogP contribution in [0.25, 0.3) is 10.9 Å². The Bertz CT molecular complexity index is 1380. The van der Waals surface area contributed by atoms with Gasteiger partial charge in [0.15, 0.2) is 11.6 Å². The fraction of sp³-hybridized carbons (Fsp3) is 0.0500. The number of aromatic amines is 1. The van der Waals surface area contributed by atoms with Gasteiger partial charge in [-0.25, -0.2) is 27.9 Å². The Hall–Kier alpha value is -3.63. The summed E-state index contributed by atoms with van der Waals surface area (Å²) < 4.78 is 37.1. The summed E-state index contributed by atoms with van der Waals surface area (Å²) in [4.78, 5) is 15.2. The van der Waals surface area contributed by atoms with Crippen LogP contribution in [0.4, 0.5) is 21.8 Å². The zero-order chi connectivity index (χ0) is 21.3. The number of halogens is 1. The van der Waals surface area contributed by atoms with Crippen LogP contribution < -0.4 is 10.5 Å². The van der Waals surface area contributed by atoms with Crippen LogP contribution in [0.5, 0.6) is 0 Å². The van der Waals surface area contributed by atoms with Crippen molar-refractivity contribution in [3.05, 3.63) is 71.8 Å². The standard InChI is InChI=1S/C20H17FN6O2S/c1-12-7-14-6-5-13(8-18(14)25-12)10-23-19-17(21)11-24-20(27-19)26-15-3-2-4-16(9-15)30(22,28)29/h2-11,25H,1H3,(H2,22,28,29)(H,24,26,27)/b23-10-. The Balaban J connectivity index is 1.59. The number of rotatable bonds is 5. The van der Waals surface area contributed by atoms with E-state index >= 15 is 0 Å². The van der Waals surface area contributed by atoms with E-state index in [9.17, 15) is 12.8 Å². The van der Waals surface area contributed by atoms with Gasteiger partial charge >= 0.3 is 0 Å². The van der Waals surface area contributed by atoms with Crippen molar-refractivity contribution in [1.29, 1.82) is 0 Å². The molecule has 0 saturated carbocycles.